The van der Waals surface area contributed by atoms with Crippen molar-refractivity contribution in [2.45, 2.75) is 234 Å². The van der Waals surface area contributed by atoms with Crippen molar-refractivity contribution in [2.75, 3.05) is 14.2 Å². The molecule has 4 aromatic heterocycles. The van der Waals surface area contributed by atoms with Gasteiger partial charge >= 0.3 is 12.1 Å². The summed E-state index contributed by atoms with van der Waals surface area (Å²) in [5, 5.41) is 0. The topological polar surface area (TPSA) is 183 Å². The Kier molecular flexibility index (Phi) is 19.1. The largest absolute Gasteiger partial charge is 0.494 e. The van der Waals surface area contributed by atoms with Gasteiger partial charge in [-0.2, -0.15) is 0 Å². The van der Waals surface area contributed by atoms with E-state index in [0.717, 1.165) is 89.2 Å². The van der Waals surface area contributed by atoms with Gasteiger partial charge in [0.05, 0.1) is 72.3 Å². The molecule has 2 saturated heterocycles. The van der Waals surface area contributed by atoms with Crippen LogP contribution in [0, 0.1) is 0 Å². The highest BCUT2D eigenvalue weighted by Crippen LogP contribution is 2.66. The number of fused-ring (bicyclic) bond motifs is 14. The summed E-state index contributed by atoms with van der Waals surface area (Å²) < 4.78 is 14.0. The molecule has 0 spiro atoms. The molecule has 10 heterocycles. The Bertz CT molecular complexity index is 6430. The predicted molar refractivity (Wildman–Crippen MR) is 511 cm³/mol. The lowest BCUT2D eigenvalue weighted by atomic mass is 9.78. The Morgan fingerprint density at radius 2 is 0.595 bits per heavy atom. The monoisotopic (exact) mass is 1670 g/mol. The van der Waals surface area contributed by atoms with Crippen LogP contribution in [0.3, 0.4) is 0 Å². The first-order chi connectivity index (χ1) is 59.0. The van der Waals surface area contributed by atoms with Gasteiger partial charge in [0, 0.05) is 67.9 Å². The van der Waals surface area contributed by atoms with E-state index in [-0.39, 0.29) is 67.6 Å². The SMILES string of the molecule is COc1c2c(c(OC)c3nc4c5[nH]c(c(-c6cc(C(C)(C)C)cc(C(C)(C)C)c6)c6nc(c(-c7cc(C(C)(C)C)cc(C(C)(C)C)c7)c7ccc([nH]7)c(-c7cc(C(C)(C)C)cc(C(C)(C)C)c7)c7nc(c5-c5cc(C(C)(C)C)cc(C(C)(C)C)c5)C=C7)C=C6)c4nc13)CN1C(=O)N3C=C4C(=O)C=CC(=O)C4=CN4C(=O)N(C2)C1(c1ccccc1)C43c1ccccc1. The van der Waals surface area contributed by atoms with E-state index in [1.165, 1.54) is 56.6 Å². The third kappa shape index (κ3) is 13.2. The maximum Gasteiger partial charge on any atom is 0.329 e. The number of carbonyl (C=O) groups is 4. The first-order valence-electron chi connectivity index (χ1n) is 44.2. The summed E-state index contributed by atoms with van der Waals surface area (Å²) in [6.45, 7) is 54.3. The molecule has 2 N–H and O–H groups in total. The number of rotatable bonds is 8. The molecule has 0 saturated carbocycles. The van der Waals surface area contributed by atoms with Crippen LogP contribution in [0.25, 0.3) is 113 Å². The van der Waals surface area contributed by atoms with Gasteiger partial charge in [-0.1, -0.05) is 300 Å². The number of ketones is 2. The molecule has 0 atom stereocenters. The number of nitrogens with one attached hydrogen (secondary N) is 2. The Hall–Kier alpha value is -12.6. The van der Waals surface area contributed by atoms with Crippen LogP contribution >= 0.6 is 0 Å². The van der Waals surface area contributed by atoms with Gasteiger partial charge in [0.15, 0.2) is 28.7 Å². The number of ether oxygens (including phenoxy) is 2. The summed E-state index contributed by atoms with van der Waals surface area (Å²) in [7, 11) is 3.23. The van der Waals surface area contributed by atoms with Gasteiger partial charge in [-0.3, -0.25) is 29.2 Å². The molecule has 7 aliphatic rings. The van der Waals surface area contributed by atoms with Gasteiger partial charge < -0.3 is 19.4 Å². The van der Waals surface area contributed by atoms with Crippen molar-refractivity contribution in [2.24, 2.45) is 0 Å². The zero-order valence-electron chi connectivity index (χ0n) is 77.9. The molecule has 126 heavy (non-hydrogen) atoms. The molecule has 0 unspecified atom stereocenters. The normalized spacial score (nSPS) is 17.9. The number of allylic oxidation sites excluding steroid dienone is 4. The zero-order chi connectivity index (χ0) is 90.1. The van der Waals surface area contributed by atoms with Gasteiger partial charge in [0.2, 0.25) is 5.66 Å². The smallest absolute Gasteiger partial charge is 0.329 e. The van der Waals surface area contributed by atoms with E-state index in [4.69, 9.17) is 29.4 Å². The van der Waals surface area contributed by atoms with E-state index >= 15 is 9.59 Å². The summed E-state index contributed by atoms with van der Waals surface area (Å²) in [4.78, 5) is 102. The third-order valence-corrected chi connectivity index (χ3v) is 26.8. The Morgan fingerprint density at radius 3 is 0.881 bits per heavy atom. The minimum atomic E-state index is -1.83. The number of aromatic amines is 2. The van der Waals surface area contributed by atoms with Gasteiger partial charge in [-0.05, 0) is 159 Å². The Morgan fingerprint density at radius 1 is 0.317 bits per heavy atom. The fourth-order valence-corrected chi connectivity index (χ4v) is 19.5. The number of urea groups is 2. The minimum Gasteiger partial charge on any atom is -0.494 e. The zero-order valence-corrected chi connectivity index (χ0v) is 77.9. The van der Waals surface area contributed by atoms with E-state index < -0.39 is 35.0 Å². The fraction of sp³-hybridized carbons (Fsp3) is 0.345. The lowest BCUT2D eigenvalue weighted by molar-refractivity contribution is -0.115. The van der Waals surface area contributed by atoms with Crippen LogP contribution in [0.1, 0.15) is 256 Å². The molecule has 18 rings (SSSR count). The first kappa shape index (κ1) is 84.3. The average molecular weight is 1670 g/mol. The predicted octanol–water partition coefficient (Wildman–Crippen LogP) is 25.5. The number of hydrogen-bond donors (Lipinski definition) is 2. The molecule has 11 aromatic rings. The summed E-state index contributed by atoms with van der Waals surface area (Å²) in [5.74, 6) is -0.379. The molecule has 642 valence electrons. The van der Waals surface area contributed by atoms with E-state index in [1.54, 1.807) is 24.0 Å². The fourth-order valence-electron chi connectivity index (χ4n) is 19.5. The number of benzene rings is 7. The van der Waals surface area contributed by atoms with Crippen molar-refractivity contribution in [3.05, 3.63) is 271 Å². The molecule has 16 heteroatoms. The first-order valence-corrected chi connectivity index (χ1v) is 44.2. The molecule has 4 amide bonds. The van der Waals surface area contributed by atoms with Crippen molar-refractivity contribution < 1.29 is 28.7 Å². The Labute approximate surface area is 740 Å². The number of methoxy groups -OCH3 is 2. The molecule has 6 aliphatic heterocycles. The molecule has 2 fully saturated rings. The van der Waals surface area contributed by atoms with Crippen molar-refractivity contribution in [3.63, 3.8) is 0 Å². The molecule has 16 nitrogen and oxygen atoms in total. The second kappa shape index (κ2) is 28.5. The average Bonchev–Trinajstić information content (AvgIpc) is 1.46. The lowest BCUT2D eigenvalue weighted by Gasteiger charge is -2.48. The van der Waals surface area contributed by atoms with E-state index in [1.807, 2.05) is 60.7 Å². The third-order valence-electron chi connectivity index (χ3n) is 26.8. The molecule has 1 aliphatic carbocycles. The minimum absolute atomic E-state index is 0.0142. The van der Waals surface area contributed by atoms with Gasteiger partial charge in [-0.15, -0.1) is 0 Å². The number of carbonyl (C=O) groups excluding carboxylic acids is 4. The van der Waals surface area contributed by atoms with Crippen molar-refractivity contribution in [1.29, 1.82) is 0 Å². The molecule has 7 aromatic carbocycles. The quantitative estimate of drug-likeness (QED) is 0.148. The van der Waals surface area contributed by atoms with Crippen molar-refractivity contribution in [3.8, 4) is 56.0 Å². The number of amides is 4. The van der Waals surface area contributed by atoms with Crippen molar-refractivity contribution in [1.82, 2.24) is 49.5 Å². The summed E-state index contributed by atoms with van der Waals surface area (Å²) in [6.07, 6.45) is 14.1. The summed E-state index contributed by atoms with van der Waals surface area (Å²) >= 11 is 0. The molecule has 0 radical (unpaired) electrons. The lowest BCUT2D eigenvalue weighted by Crippen LogP contribution is -2.61. The van der Waals surface area contributed by atoms with Crippen LogP contribution in [0.2, 0.25) is 0 Å². The van der Waals surface area contributed by atoms with Crippen LogP contribution in [-0.2, 0) is 77.3 Å². The molecule has 8 bridgehead atoms. The van der Waals surface area contributed by atoms with Crippen LogP contribution in [0.15, 0.2) is 181 Å². The van der Waals surface area contributed by atoms with Crippen LogP contribution in [0.5, 0.6) is 11.5 Å². The standard InChI is InChI=1S/C110H116N10O6/c1-101(2,3)67-45-61(46-68(53-67)102(4,5)6)87-79-37-38-80(111-79)88(62-47-69(103(7,8)9)54-70(48-62)104(10,11)12)82-40-42-84(113-82)90(64-51-73(107(19,20)21)56-74(52-64)108(22,23)24)92-94-93(91(114-92)89(83-41-39-81(87)112-83)63-49-71(105(13,14)15)55-72(50-63)106(16,17)18)115-95-96(116-94)98(126-26)78-60-120-100(124)118-58-76-75(85(121)43-44-86(76)122)57-117-99(123)119(59-77(78)97(95)125-25)110(120,66-35-31-28-32-36-66)109(117,118)65-33-29-27-30-34-65/h27-58,111,114H,59-60H2,1-26H3. The van der Waals surface area contributed by atoms with Gasteiger partial charge in [0.25, 0.3) is 0 Å². The van der Waals surface area contributed by atoms with Crippen LogP contribution in [0.4, 0.5) is 9.59 Å². The number of nitrogens with zero attached hydrogens (tertiary/aromatic N) is 8. The second-order valence-electron chi connectivity index (χ2n) is 43.6. The highest BCUT2D eigenvalue weighted by molar-refractivity contribution is 6.25. The number of aromatic nitrogens is 6. The maximum atomic E-state index is 17.0. The second-order valence-corrected chi connectivity index (χ2v) is 43.6. The molecular weight excluding hydrogens is 1560 g/mol. The number of H-pyrrole nitrogens is 2. The Balaban J connectivity index is 1.07. The summed E-state index contributed by atoms with van der Waals surface area (Å²) in [5.41, 5.74) is 20.0. The van der Waals surface area contributed by atoms with Gasteiger partial charge in [0.1, 0.15) is 22.1 Å². The van der Waals surface area contributed by atoms with Crippen LogP contribution in [-0.4, -0.2) is 87.4 Å². The molecular formula is C110H116N10O6. The highest BCUT2D eigenvalue weighted by Gasteiger charge is 2.81. The van der Waals surface area contributed by atoms with E-state index in [0.29, 0.717) is 78.2 Å². The maximum absolute atomic E-state index is 17.0. The van der Waals surface area contributed by atoms with Gasteiger partial charge in [-0.25, -0.2) is 29.5 Å². The number of hydrogen-bond acceptors (Lipinski definition) is 10. The van der Waals surface area contributed by atoms with E-state index in [9.17, 15) is 9.59 Å². The van der Waals surface area contributed by atoms with Crippen LogP contribution < -0.4 is 9.47 Å². The summed E-state index contributed by atoms with van der Waals surface area (Å²) in [6, 6.07) is 50.6. The highest BCUT2D eigenvalue weighted by atomic mass is 16.5. The van der Waals surface area contributed by atoms with Crippen molar-refractivity contribution >= 4 is 92.1 Å². The van der Waals surface area contributed by atoms with E-state index in [2.05, 4.69) is 285 Å².